The first-order valence-corrected chi connectivity index (χ1v) is 8.61. The molecule has 0 radical (unpaired) electrons. The van der Waals surface area contributed by atoms with E-state index < -0.39 is 17.8 Å². The van der Waals surface area contributed by atoms with Gasteiger partial charge in [0.15, 0.2) is 0 Å². The normalized spacial score (nSPS) is 16.1. The Morgan fingerprint density at radius 1 is 1.04 bits per heavy atom. The van der Waals surface area contributed by atoms with Crippen molar-refractivity contribution < 1.29 is 19.5 Å². The summed E-state index contributed by atoms with van der Waals surface area (Å²) in [5.41, 5.74) is 1.96. The van der Waals surface area contributed by atoms with Gasteiger partial charge in [-0.15, -0.1) is 0 Å². The van der Waals surface area contributed by atoms with E-state index in [1.54, 1.807) is 18.2 Å². The van der Waals surface area contributed by atoms with Gasteiger partial charge in [0.1, 0.15) is 11.3 Å². The number of halogens is 2. The third kappa shape index (κ3) is 3.54. The second kappa shape index (κ2) is 7.06. The number of aromatic hydroxyl groups is 1. The van der Waals surface area contributed by atoms with Crippen LogP contribution in [-0.4, -0.2) is 23.0 Å². The van der Waals surface area contributed by atoms with Crippen LogP contribution in [0.2, 0.25) is 10.0 Å². The minimum atomic E-state index is -0.874. The maximum absolute atomic E-state index is 12.9. The number of nitrogens with zero attached hydrogens (tertiary/aromatic N) is 1. The Kier molecular flexibility index (Phi) is 4.95. The van der Waals surface area contributed by atoms with Crippen molar-refractivity contribution in [3.8, 4) is 5.75 Å². The van der Waals surface area contributed by atoms with Crippen LogP contribution < -0.4 is 10.2 Å². The number of nitrogens with one attached hydrogen (secondary N) is 1. The summed E-state index contributed by atoms with van der Waals surface area (Å²) in [4.78, 5) is 38.2. The number of aryl methyl sites for hydroxylation is 2. The van der Waals surface area contributed by atoms with Gasteiger partial charge in [-0.3, -0.25) is 14.9 Å². The van der Waals surface area contributed by atoms with Crippen LogP contribution in [-0.2, 0) is 9.59 Å². The van der Waals surface area contributed by atoms with Gasteiger partial charge in [0.05, 0.1) is 10.7 Å². The third-order valence-corrected chi connectivity index (χ3v) is 4.71. The average molecular weight is 405 g/mol. The molecule has 1 heterocycles. The molecule has 8 heteroatoms. The molecule has 0 atom stereocenters. The van der Waals surface area contributed by atoms with Crippen LogP contribution in [0.4, 0.5) is 10.5 Å². The van der Waals surface area contributed by atoms with Crippen molar-refractivity contribution in [1.29, 1.82) is 0 Å². The van der Waals surface area contributed by atoms with Gasteiger partial charge in [0.25, 0.3) is 11.8 Å². The number of rotatable bonds is 2. The van der Waals surface area contributed by atoms with Gasteiger partial charge in [0.2, 0.25) is 0 Å². The molecule has 1 aliphatic heterocycles. The molecule has 138 valence electrons. The second-order valence-corrected chi connectivity index (χ2v) is 6.90. The number of amides is 4. The third-order valence-electron chi connectivity index (χ3n) is 4.21. The van der Waals surface area contributed by atoms with Crippen LogP contribution in [0.1, 0.15) is 16.7 Å². The lowest BCUT2D eigenvalue weighted by molar-refractivity contribution is -0.122. The Hall–Kier alpha value is -2.83. The van der Waals surface area contributed by atoms with Crippen molar-refractivity contribution in [3.63, 3.8) is 0 Å². The Bertz CT molecular complexity index is 1030. The summed E-state index contributed by atoms with van der Waals surface area (Å²) < 4.78 is 0. The monoisotopic (exact) mass is 404 g/mol. The summed E-state index contributed by atoms with van der Waals surface area (Å²) in [6, 6.07) is 6.89. The number of hydrogen-bond donors (Lipinski definition) is 2. The molecular formula is C19H14Cl2N2O4. The standard InChI is InChI=1S/C19H14Cl2N2O4/c1-9-3-4-13(5-10(9)2)23-18(26)14(17(25)22-19(23)27)7-11-6-12(20)8-15(21)16(11)24/h3-8,24H,1-2H3,(H,22,25,27)/b14-7+. The van der Waals surface area contributed by atoms with E-state index in [0.29, 0.717) is 5.69 Å². The topological polar surface area (TPSA) is 86.7 Å². The van der Waals surface area contributed by atoms with E-state index in [-0.39, 0.29) is 26.9 Å². The van der Waals surface area contributed by atoms with E-state index >= 15 is 0 Å². The average Bonchev–Trinajstić information content (AvgIpc) is 2.58. The van der Waals surface area contributed by atoms with Crippen molar-refractivity contribution >= 4 is 52.8 Å². The molecule has 2 aromatic rings. The maximum Gasteiger partial charge on any atom is 0.335 e. The molecule has 0 aliphatic carbocycles. The van der Waals surface area contributed by atoms with E-state index in [1.165, 1.54) is 12.1 Å². The van der Waals surface area contributed by atoms with Crippen LogP contribution in [0, 0.1) is 13.8 Å². The molecular weight excluding hydrogens is 391 g/mol. The van der Waals surface area contributed by atoms with Crippen LogP contribution in [0.25, 0.3) is 6.08 Å². The SMILES string of the molecule is Cc1ccc(N2C(=O)NC(=O)/C(=C\c3cc(Cl)cc(Cl)c3O)C2=O)cc1C. The Morgan fingerprint density at radius 2 is 1.74 bits per heavy atom. The molecule has 3 rings (SSSR count). The largest absolute Gasteiger partial charge is 0.506 e. The first-order valence-electron chi connectivity index (χ1n) is 7.85. The quantitative estimate of drug-likeness (QED) is 0.585. The fourth-order valence-electron chi connectivity index (χ4n) is 2.61. The number of carbonyl (C=O) groups is 3. The summed E-state index contributed by atoms with van der Waals surface area (Å²) in [7, 11) is 0. The molecule has 2 N–H and O–H groups in total. The number of anilines is 1. The lowest BCUT2D eigenvalue weighted by atomic mass is 10.0. The fourth-order valence-corrected chi connectivity index (χ4v) is 3.12. The Labute approximate surface area is 165 Å². The zero-order chi connectivity index (χ0) is 19.9. The van der Waals surface area contributed by atoms with E-state index in [1.807, 2.05) is 13.8 Å². The lowest BCUT2D eigenvalue weighted by Gasteiger charge is -2.27. The summed E-state index contributed by atoms with van der Waals surface area (Å²) in [6.07, 6.45) is 1.14. The summed E-state index contributed by atoms with van der Waals surface area (Å²) >= 11 is 11.8. The summed E-state index contributed by atoms with van der Waals surface area (Å²) in [6.45, 7) is 3.75. The number of hydrogen-bond acceptors (Lipinski definition) is 4. The van der Waals surface area contributed by atoms with Gasteiger partial charge in [-0.25, -0.2) is 9.69 Å². The smallest absolute Gasteiger partial charge is 0.335 e. The van der Waals surface area contributed by atoms with Gasteiger partial charge in [-0.2, -0.15) is 0 Å². The van der Waals surface area contributed by atoms with Gasteiger partial charge >= 0.3 is 6.03 Å². The molecule has 0 spiro atoms. The number of barbiturate groups is 1. The van der Waals surface area contributed by atoms with Crippen LogP contribution in [0.3, 0.4) is 0 Å². The first kappa shape index (κ1) is 18.9. The van der Waals surface area contributed by atoms with Crippen LogP contribution in [0.5, 0.6) is 5.75 Å². The fraction of sp³-hybridized carbons (Fsp3) is 0.105. The van der Waals surface area contributed by atoms with E-state index in [2.05, 4.69) is 5.32 Å². The molecule has 1 aliphatic rings. The van der Waals surface area contributed by atoms with Crippen molar-refractivity contribution in [2.75, 3.05) is 4.90 Å². The first-order chi connectivity index (χ1) is 12.7. The number of phenolic OH excluding ortho intramolecular Hbond substituents is 1. The molecule has 0 aromatic heterocycles. The van der Waals surface area contributed by atoms with Gasteiger partial charge in [-0.05, 0) is 55.3 Å². The molecule has 1 fully saturated rings. The second-order valence-electron chi connectivity index (χ2n) is 6.05. The van der Waals surface area contributed by atoms with Crippen molar-refractivity contribution in [2.45, 2.75) is 13.8 Å². The highest BCUT2D eigenvalue weighted by atomic mass is 35.5. The molecule has 2 aromatic carbocycles. The molecule has 0 unspecified atom stereocenters. The molecule has 6 nitrogen and oxygen atoms in total. The van der Waals surface area contributed by atoms with Crippen molar-refractivity contribution in [3.05, 3.63) is 62.6 Å². The van der Waals surface area contributed by atoms with Crippen LogP contribution in [0.15, 0.2) is 35.9 Å². The highest BCUT2D eigenvalue weighted by molar-refractivity contribution is 6.40. The predicted octanol–water partition coefficient (Wildman–Crippen LogP) is 3.98. The Balaban J connectivity index is 2.09. The molecule has 1 saturated heterocycles. The zero-order valence-electron chi connectivity index (χ0n) is 14.3. The molecule has 0 saturated carbocycles. The van der Waals surface area contributed by atoms with Gasteiger partial charge in [-0.1, -0.05) is 29.3 Å². The van der Waals surface area contributed by atoms with Crippen molar-refractivity contribution in [1.82, 2.24) is 5.32 Å². The summed E-state index contributed by atoms with van der Waals surface area (Å²) in [5, 5.41) is 12.4. The van der Waals surface area contributed by atoms with Gasteiger partial charge in [0, 0.05) is 10.6 Å². The molecule has 27 heavy (non-hydrogen) atoms. The minimum Gasteiger partial charge on any atom is -0.506 e. The number of urea groups is 1. The molecule has 0 bridgehead atoms. The number of benzene rings is 2. The van der Waals surface area contributed by atoms with E-state index in [9.17, 15) is 19.5 Å². The predicted molar refractivity (Wildman–Crippen MR) is 103 cm³/mol. The van der Waals surface area contributed by atoms with E-state index in [0.717, 1.165) is 22.1 Å². The highest BCUT2D eigenvalue weighted by Gasteiger charge is 2.37. The van der Waals surface area contributed by atoms with Crippen molar-refractivity contribution in [2.24, 2.45) is 0 Å². The summed E-state index contributed by atoms with van der Waals surface area (Å²) in [5.74, 6) is -2.02. The van der Waals surface area contributed by atoms with Crippen LogP contribution >= 0.6 is 23.2 Å². The highest BCUT2D eigenvalue weighted by Crippen LogP contribution is 2.33. The zero-order valence-corrected chi connectivity index (χ0v) is 15.9. The number of phenols is 1. The maximum atomic E-state index is 12.9. The van der Waals surface area contributed by atoms with E-state index in [4.69, 9.17) is 23.2 Å². The minimum absolute atomic E-state index is 0.0277. The Morgan fingerprint density at radius 3 is 2.41 bits per heavy atom. The lowest BCUT2D eigenvalue weighted by Crippen LogP contribution is -2.54. The number of carbonyl (C=O) groups excluding carboxylic acids is 3. The number of imide groups is 2. The van der Waals surface area contributed by atoms with Gasteiger partial charge < -0.3 is 5.11 Å². The molecule has 4 amide bonds.